The van der Waals surface area contributed by atoms with Crippen LogP contribution in [0.15, 0.2) is 59.8 Å². The van der Waals surface area contributed by atoms with Gasteiger partial charge < -0.3 is 29.6 Å². The number of hydrogen-bond donors (Lipinski definition) is 2. The summed E-state index contributed by atoms with van der Waals surface area (Å²) in [5.74, 6) is -0.213. The number of amides is 2. The first-order valence-corrected chi connectivity index (χ1v) is 11.6. The summed E-state index contributed by atoms with van der Waals surface area (Å²) in [7, 11) is 1.28. The Balaban J connectivity index is 1.18. The van der Waals surface area contributed by atoms with Crippen LogP contribution >= 0.6 is 0 Å². The van der Waals surface area contributed by atoms with Gasteiger partial charge in [-0.05, 0) is 54.3 Å². The standard InChI is InChI=1S/C26H27N3O7/c1-34-25(31)22-9-6-12-29(22)23(30)16-27-26(32)36-14-5-4-13-35-17-10-11-19-18-7-2-3-8-20(18)24(28-33)21(19)15-17/h2-5,7-8,10-11,15,22,33H,6,9,12-14,16H2,1H3,(H,27,32)/b5-4+,28-24-. The molecule has 0 radical (unpaired) electrons. The first kappa shape index (κ1) is 24.8. The van der Waals surface area contributed by atoms with Crippen molar-refractivity contribution in [3.63, 3.8) is 0 Å². The van der Waals surface area contributed by atoms with E-state index in [1.54, 1.807) is 12.2 Å². The van der Waals surface area contributed by atoms with Crippen LogP contribution in [0.2, 0.25) is 0 Å². The van der Waals surface area contributed by atoms with E-state index in [1.807, 2.05) is 42.5 Å². The zero-order chi connectivity index (χ0) is 25.5. The zero-order valence-electron chi connectivity index (χ0n) is 19.8. The fourth-order valence-corrected chi connectivity index (χ4v) is 4.37. The van der Waals surface area contributed by atoms with Gasteiger partial charge in [0.1, 0.15) is 37.3 Å². The Morgan fingerprint density at radius 1 is 1.08 bits per heavy atom. The lowest BCUT2D eigenvalue weighted by Crippen LogP contribution is -2.45. The van der Waals surface area contributed by atoms with Crippen LogP contribution in [-0.2, 0) is 19.1 Å². The smallest absolute Gasteiger partial charge is 0.407 e. The van der Waals surface area contributed by atoms with E-state index in [2.05, 4.69) is 10.5 Å². The van der Waals surface area contributed by atoms with Gasteiger partial charge in [0.2, 0.25) is 5.91 Å². The van der Waals surface area contributed by atoms with Crippen LogP contribution in [0, 0.1) is 0 Å². The zero-order valence-corrected chi connectivity index (χ0v) is 19.8. The lowest BCUT2D eigenvalue weighted by Gasteiger charge is -2.22. The van der Waals surface area contributed by atoms with Gasteiger partial charge in [-0.1, -0.05) is 29.4 Å². The fraction of sp³-hybridized carbons (Fsp3) is 0.308. The summed E-state index contributed by atoms with van der Waals surface area (Å²) in [5.41, 5.74) is 4.15. The number of esters is 1. The molecule has 10 nitrogen and oxygen atoms in total. The highest BCUT2D eigenvalue weighted by Crippen LogP contribution is 2.38. The van der Waals surface area contributed by atoms with Crippen molar-refractivity contribution >= 4 is 23.7 Å². The van der Waals surface area contributed by atoms with Crippen molar-refractivity contribution in [1.82, 2.24) is 10.2 Å². The summed E-state index contributed by atoms with van der Waals surface area (Å²) in [5, 5.41) is 15.3. The molecule has 1 atom stereocenters. The molecule has 2 amide bonds. The maximum Gasteiger partial charge on any atom is 0.407 e. The minimum atomic E-state index is -0.739. The normalized spacial score (nSPS) is 17.1. The molecular formula is C26H27N3O7. The third-order valence-corrected chi connectivity index (χ3v) is 6.07. The van der Waals surface area contributed by atoms with Crippen LogP contribution in [0.25, 0.3) is 11.1 Å². The molecule has 0 aromatic heterocycles. The van der Waals surface area contributed by atoms with Gasteiger partial charge in [0.15, 0.2) is 0 Å². The summed E-state index contributed by atoms with van der Waals surface area (Å²) in [6.07, 6.45) is 3.84. The molecule has 1 aliphatic heterocycles. The van der Waals surface area contributed by atoms with Crippen molar-refractivity contribution in [2.45, 2.75) is 18.9 Å². The van der Waals surface area contributed by atoms with Crippen LogP contribution in [0.3, 0.4) is 0 Å². The van der Waals surface area contributed by atoms with Crippen LogP contribution in [-0.4, -0.2) is 73.2 Å². The topological polar surface area (TPSA) is 127 Å². The SMILES string of the molecule is COC(=O)C1CCCN1C(=O)CNC(=O)OC/C=C/COc1ccc2c(c1)/C(=N\O)c1ccccc1-2. The molecule has 10 heteroatoms. The fourth-order valence-electron chi connectivity index (χ4n) is 4.37. The van der Waals surface area contributed by atoms with E-state index < -0.39 is 18.1 Å². The molecule has 1 unspecified atom stereocenters. The summed E-state index contributed by atoms with van der Waals surface area (Å²) >= 11 is 0. The number of methoxy groups -OCH3 is 1. The van der Waals surface area contributed by atoms with Crippen molar-refractivity contribution in [3.05, 3.63) is 65.7 Å². The number of hydrogen-bond acceptors (Lipinski definition) is 8. The molecular weight excluding hydrogens is 466 g/mol. The quantitative estimate of drug-likeness (QED) is 0.214. The van der Waals surface area contributed by atoms with Crippen molar-refractivity contribution in [2.24, 2.45) is 5.16 Å². The first-order valence-electron chi connectivity index (χ1n) is 11.6. The van der Waals surface area contributed by atoms with Crippen LogP contribution in [0.4, 0.5) is 4.79 Å². The molecule has 188 valence electrons. The Hall–Kier alpha value is -4.34. The highest BCUT2D eigenvalue weighted by Gasteiger charge is 2.34. The second kappa shape index (κ2) is 11.4. The molecule has 2 aromatic carbocycles. The number of benzene rings is 2. The highest BCUT2D eigenvalue weighted by molar-refractivity contribution is 6.24. The number of nitrogens with zero attached hydrogens (tertiary/aromatic N) is 2. The van der Waals surface area contributed by atoms with Crippen LogP contribution < -0.4 is 10.1 Å². The minimum Gasteiger partial charge on any atom is -0.490 e. The number of carbonyl (C=O) groups excluding carboxylic acids is 3. The summed E-state index contributed by atoms with van der Waals surface area (Å²) in [6.45, 7) is 0.424. The van der Waals surface area contributed by atoms with Crippen molar-refractivity contribution < 1.29 is 33.8 Å². The van der Waals surface area contributed by atoms with E-state index in [-0.39, 0.29) is 25.7 Å². The molecule has 2 N–H and O–H groups in total. The second-order valence-corrected chi connectivity index (χ2v) is 8.20. The Morgan fingerprint density at radius 2 is 1.83 bits per heavy atom. The Labute approximate surface area is 208 Å². The number of ether oxygens (including phenoxy) is 3. The van der Waals surface area contributed by atoms with Gasteiger partial charge in [-0.15, -0.1) is 0 Å². The molecule has 0 saturated carbocycles. The Bertz CT molecular complexity index is 1210. The first-order chi connectivity index (χ1) is 17.5. The predicted molar refractivity (Wildman–Crippen MR) is 130 cm³/mol. The third kappa shape index (κ3) is 5.32. The number of oxime groups is 1. The second-order valence-electron chi connectivity index (χ2n) is 8.20. The average molecular weight is 494 g/mol. The molecule has 0 bridgehead atoms. The molecule has 1 fully saturated rings. The van der Waals surface area contributed by atoms with Gasteiger partial charge in [0.05, 0.1) is 7.11 Å². The van der Waals surface area contributed by atoms with E-state index in [9.17, 15) is 19.6 Å². The van der Waals surface area contributed by atoms with E-state index in [4.69, 9.17) is 14.2 Å². The van der Waals surface area contributed by atoms with E-state index >= 15 is 0 Å². The molecule has 4 rings (SSSR count). The van der Waals surface area contributed by atoms with Gasteiger partial charge in [-0.2, -0.15) is 0 Å². The monoisotopic (exact) mass is 493 g/mol. The molecule has 2 aliphatic rings. The van der Waals surface area contributed by atoms with Gasteiger partial charge in [0.25, 0.3) is 0 Å². The minimum absolute atomic E-state index is 0.00129. The van der Waals surface area contributed by atoms with Gasteiger partial charge in [-0.3, -0.25) is 4.79 Å². The van der Waals surface area contributed by atoms with Gasteiger partial charge >= 0.3 is 12.1 Å². The summed E-state index contributed by atoms with van der Waals surface area (Å²) in [6, 6.07) is 12.7. The Morgan fingerprint density at radius 3 is 2.61 bits per heavy atom. The maximum absolute atomic E-state index is 12.3. The predicted octanol–water partition coefficient (Wildman–Crippen LogP) is 2.72. The van der Waals surface area contributed by atoms with E-state index in [1.165, 1.54) is 12.0 Å². The molecule has 1 saturated heterocycles. The number of fused-ring (bicyclic) bond motifs is 3. The molecule has 36 heavy (non-hydrogen) atoms. The van der Waals surface area contributed by atoms with Gasteiger partial charge in [-0.25, -0.2) is 9.59 Å². The summed E-state index contributed by atoms with van der Waals surface area (Å²) in [4.78, 5) is 37.3. The van der Waals surface area contributed by atoms with E-state index in [0.29, 0.717) is 30.8 Å². The van der Waals surface area contributed by atoms with E-state index in [0.717, 1.165) is 22.3 Å². The molecule has 1 aliphatic carbocycles. The Kier molecular flexibility index (Phi) is 7.84. The van der Waals surface area contributed by atoms with Crippen molar-refractivity contribution in [2.75, 3.05) is 33.4 Å². The molecule has 1 heterocycles. The van der Waals surface area contributed by atoms with Crippen molar-refractivity contribution in [1.29, 1.82) is 0 Å². The largest absolute Gasteiger partial charge is 0.490 e. The maximum atomic E-state index is 12.3. The lowest BCUT2D eigenvalue weighted by atomic mass is 10.1. The third-order valence-electron chi connectivity index (χ3n) is 6.07. The van der Waals surface area contributed by atoms with Crippen LogP contribution in [0.5, 0.6) is 5.75 Å². The van der Waals surface area contributed by atoms with Gasteiger partial charge in [0, 0.05) is 17.7 Å². The number of rotatable bonds is 8. The van der Waals surface area contributed by atoms with Crippen LogP contribution in [0.1, 0.15) is 24.0 Å². The molecule has 2 aromatic rings. The summed E-state index contributed by atoms with van der Waals surface area (Å²) < 4.78 is 15.5. The average Bonchev–Trinajstić information content (AvgIpc) is 3.51. The molecule has 0 spiro atoms. The lowest BCUT2D eigenvalue weighted by molar-refractivity contribution is -0.150. The van der Waals surface area contributed by atoms with Crippen molar-refractivity contribution in [3.8, 4) is 16.9 Å². The number of carbonyl (C=O) groups is 3. The number of nitrogens with one attached hydrogen (secondary N) is 1. The highest BCUT2D eigenvalue weighted by atomic mass is 16.5. The number of likely N-dealkylation sites (tertiary alicyclic amines) is 1. The number of alkyl carbamates (subject to hydrolysis) is 1.